The average molecular weight is 957 g/mol. The first-order valence-electron chi connectivity index (χ1n) is 24.6. The number of ether oxygens (including phenoxy) is 1. The summed E-state index contributed by atoms with van der Waals surface area (Å²) in [6.45, 7) is 6.16. The number of amides is 2. The van der Waals surface area contributed by atoms with Crippen molar-refractivity contribution in [1.82, 2.24) is 30.5 Å². The summed E-state index contributed by atoms with van der Waals surface area (Å²) in [6.07, 6.45) is 16.8. The molecule has 3 N–H and O–H groups in total. The number of fused-ring (bicyclic) bond motifs is 4. The van der Waals surface area contributed by atoms with Crippen LogP contribution in [0.4, 0.5) is 31.7 Å². The number of nitrogens with one attached hydrogen (secondary N) is 2. The number of phenols is 1. The summed E-state index contributed by atoms with van der Waals surface area (Å²) in [4.78, 5) is 60.8. The van der Waals surface area contributed by atoms with Gasteiger partial charge in [0.2, 0.25) is 12.3 Å². The van der Waals surface area contributed by atoms with Crippen LogP contribution >= 0.6 is 0 Å². The van der Waals surface area contributed by atoms with E-state index in [0.29, 0.717) is 78.8 Å². The van der Waals surface area contributed by atoms with Crippen molar-refractivity contribution < 1.29 is 33.0 Å². The molecule has 2 aromatic heterocycles. The van der Waals surface area contributed by atoms with Gasteiger partial charge in [0.25, 0.3) is 0 Å². The number of benzene rings is 3. The van der Waals surface area contributed by atoms with Crippen molar-refractivity contribution in [2.75, 3.05) is 93.2 Å². The van der Waals surface area contributed by atoms with Crippen LogP contribution in [-0.4, -0.2) is 135 Å². The Bertz CT molecular complexity index is 2780. The Morgan fingerprint density at radius 2 is 1.70 bits per heavy atom. The number of aromatic hydroxyl groups is 1. The van der Waals surface area contributed by atoms with Gasteiger partial charge in [-0.2, -0.15) is 9.97 Å². The molecule has 5 aromatic rings. The molecular formula is C53H62F2N10O5. The Morgan fingerprint density at radius 3 is 2.37 bits per heavy atom. The van der Waals surface area contributed by atoms with Gasteiger partial charge in [0.05, 0.1) is 22.3 Å². The third kappa shape index (κ3) is 10.0. The molecule has 4 aliphatic heterocycles. The quantitative estimate of drug-likeness (QED) is 0.0708. The van der Waals surface area contributed by atoms with Crippen LogP contribution in [0.3, 0.4) is 0 Å². The molecule has 4 fully saturated rings. The molecule has 15 nitrogen and oxygen atoms in total. The maximum atomic E-state index is 17.0. The number of piperidine rings is 2. The van der Waals surface area contributed by atoms with E-state index in [1.165, 1.54) is 42.6 Å². The van der Waals surface area contributed by atoms with E-state index in [4.69, 9.17) is 16.1 Å². The van der Waals surface area contributed by atoms with Gasteiger partial charge in [-0.25, -0.2) is 8.78 Å². The van der Waals surface area contributed by atoms with Crippen LogP contribution < -0.4 is 35.0 Å². The second-order valence-corrected chi connectivity index (χ2v) is 19.5. The van der Waals surface area contributed by atoms with Gasteiger partial charge in [0.15, 0.2) is 5.82 Å². The highest BCUT2D eigenvalue weighted by atomic mass is 19.1. The van der Waals surface area contributed by atoms with Gasteiger partial charge in [-0.3, -0.25) is 19.5 Å². The summed E-state index contributed by atoms with van der Waals surface area (Å²) in [6, 6.07) is 11.4. The fourth-order valence-electron chi connectivity index (χ4n) is 11.2. The summed E-state index contributed by atoms with van der Waals surface area (Å²) in [5.74, 6) is 2.39. The molecular weight excluding hydrogens is 895 g/mol. The van der Waals surface area contributed by atoms with Crippen LogP contribution in [0, 0.1) is 35.8 Å². The third-order valence-electron chi connectivity index (χ3n) is 14.9. The Morgan fingerprint density at radius 1 is 0.971 bits per heavy atom. The first kappa shape index (κ1) is 48.4. The lowest BCUT2D eigenvalue weighted by Gasteiger charge is -2.38. The molecule has 0 spiro atoms. The Labute approximate surface area is 407 Å². The molecule has 0 radical (unpaired) electrons. The third-order valence-corrected chi connectivity index (χ3v) is 14.9. The topological polar surface area (TPSA) is 160 Å². The van der Waals surface area contributed by atoms with Crippen molar-refractivity contribution >= 4 is 63.2 Å². The number of halogens is 2. The van der Waals surface area contributed by atoms with Crippen LogP contribution in [0.25, 0.3) is 32.9 Å². The molecule has 2 bridgehead atoms. The van der Waals surface area contributed by atoms with Crippen LogP contribution in [0.2, 0.25) is 0 Å². The van der Waals surface area contributed by atoms with Gasteiger partial charge in [-0.1, -0.05) is 12.0 Å². The number of piperazine rings is 1. The van der Waals surface area contributed by atoms with Crippen LogP contribution in [0.5, 0.6) is 11.8 Å². The van der Waals surface area contributed by atoms with Crippen molar-refractivity contribution in [3.8, 4) is 35.4 Å². The zero-order valence-corrected chi connectivity index (χ0v) is 40.2. The van der Waals surface area contributed by atoms with E-state index in [9.17, 15) is 19.5 Å². The fourth-order valence-corrected chi connectivity index (χ4v) is 11.2. The monoisotopic (exact) mass is 956 g/mol. The number of terminal acetylenes is 1. The summed E-state index contributed by atoms with van der Waals surface area (Å²) in [5.41, 5.74) is 2.53. The maximum Gasteiger partial charge on any atom is 0.319 e. The Balaban J connectivity index is 0.828. The van der Waals surface area contributed by atoms with Gasteiger partial charge in [-0.15, -0.1) is 6.42 Å². The molecule has 3 unspecified atom stereocenters. The highest BCUT2D eigenvalue weighted by Crippen LogP contribution is 2.40. The van der Waals surface area contributed by atoms with Crippen molar-refractivity contribution in [3.05, 3.63) is 65.9 Å². The molecule has 70 heavy (non-hydrogen) atoms. The van der Waals surface area contributed by atoms with Crippen molar-refractivity contribution in [2.45, 2.75) is 75.9 Å². The smallest absolute Gasteiger partial charge is 0.319 e. The average Bonchev–Trinajstić information content (AvgIpc) is 3.71. The standard InChI is InChI=1S/C53H62F2N10O5/c1-5-40-43(54)12-8-35-26-39(68)28-41(47(35)40)49-48(55)50-42(29-57-49)51(64-30-36-9-10-37(31-64)58-36)60-53(59-50)70-24-22-62-18-14-33(15-19-62)25-34-16-20-63(21-17-34)38-11-13-44(46(27-38)61(3)4)65(32-67)45(7-6-23-66)52(69)56-2/h1,8,11-13,23,26-29,32-34,36-37,45,58,68H,6-7,9-10,14-22,24-25,30-31H2,2-4H3,(H,56,69). The van der Waals surface area contributed by atoms with Gasteiger partial charge in [0, 0.05) is 95.2 Å². The van der Waals surface area contributed by atoms with Crippen molar-refractivity contribution in [3.63, 3.8) is 0 Å². The lowest BCUT2D eigenvalue weighted by molar-refractivity contribution is -0.123. The minimum atomic E-state index is -0.800. The lowest BCUT2D eigenvalue weighted by Crippen LogP contribution is -2.51. The van der Waals surface area contributed by atoms with E-state index in [2.05, 4.69) is 47.3 Å². The molecule has 3 aromatic carbocycles. The van der Waals surface area contributed by atoms with Gasteiger partial charge >= 0.3 is 6.01 Å². The van der Waals surface area contributed by atoms with Crippen LogP contribution in [-0.2, 0) is 14.4 Å². The van der Waals surface area contributed by atoms with E-state index in [1.54, 1.807) is 6.20 Å². The molecule has 6 heterocycles. The number of likely N-dealkylation sites (tertiary alicyclic amines) is 1. The van der Waals surface area contributed by atoms with E-state index < -0.39 is 17.7 Å². The Hall–Kier alpha value is -6.64. The van der Waals surface area contributed by atoms with Crippen LogP contribution in [0.15, 0.2) is 48.7 Å². The number of carbonyl (C=O) groups is 3. The van der Waals surface area contributed by atoms with Gasteiger partial charge in [-0.05, 0) is 118 Å². The highest BCUT2D eigenvalue weighted by molar-refractivity contribution is 6.03. The molecule has 368 valence electrons. The second kappa shape index (κ2) is 21.2. The minimum Gasteiger partial charge on any atom is -0.508 e. The highest BCUT2D eigenvalue weighted by Gasteiger charge is 2.35. The summed E-state index contributed by atoms with van der Waals surface area (Å²) < 4.78 is 38.3. The molecule has 9 rings (SSSR count). The predicted molar refractivity (Wildman–Crippen MR) is 269 cm³/mol. The lowest BCUT2D eigenvalue weighted by atomic mass is 9.82. The molecule has 0 aliphatic carbocycles. The summed E-state index contributed by atoms with van der Waals surface area (Å²) in [7, 11) is 5.37. The number of hydrogen-bond acceptors (Lipinski definition) is 13. The maximum absolute atomic E-state index is 17.0. The van der Waals surface area contributed by atoms with Crippen LogP contribution in [0.1, 0.15) is 63.4 Å². The number of phenolic OH excluding ortho intramolecular Hbond substituents is 1. The van der Waals surface area contributed by atoms with E-state index in [-0.39, 0.29) is 58.2 Å². The number of pyridine rings is 1. The fraction of sp³-hybridized carbons (Fsp3) is 0.472. The first-order chi connectivity index (χ1) is 34.0. The molecule has 17 heteroatoms. The molecule has 0 saturated carbocycles. The first-order valence-corrected chi connectivity index (χ1v) is 24.6. The van der Waals surface area contributed by atoms with E-state index >= 15 is 8.78 Å². The molecule has 2 amide bonds. The van der Waals surface area contributed by atoms with E-state index in [0.717, 1.165) is 82.4 Å². The van der Waals surface area contributed by atoms with Crippen molar-refractivity contribution in [2.24, 2.45) is 11.8 Å². The number of rotatable bonds is 17. The predicted octanol–water partition coefficient (Wildman–Crippen LogP) is 6.27. The van der Waals surface area contributed by atoms with Crippen molar-refractivity contribution in [1.29, 1.82) is 0 Å². The number of nitrogens with zero attached hydrogens (tertiary/aromatic N) is 8. The number of aldehydes is 1. The number of likely N-dealkylation sites (N-methyl/N-ethyl adjacent to an activating group) is 1. The normalized spacial score (nSPS) is 19.3. The van der Waals surface area contributed by atoms with Gasteiger partial charge < -0.3 is 44.9 Å². The number of hydrogen-bond donors (Lipinski definition) is 3. The number of aromatic nitrogens is 3. The minimum absolute atomic E-state index is 0.0237. The largest absolute Gasteiger partial charge is 0.508 e. The molecule has 4 saturated heterocycles. The van der Waals surface area contributed by atoms with E-state index in [1.807, 2.05) is 31.1 Å². The number of anilines is 4. The zero-order chi connectivity index (χ0) is 49.1. The molecule has 3 atom stereocenters. The number of carbonyl (C=O) groups excluding carboxylic acids is 3. The molecule has 4 aliphatic rings. The Kier molecular flexibility index (Phi) is 14.6. The summed E-state index contributed by atoms with van der Waals surface area (Å²) >= 11 is 0. The SMILES string of the molecule is C#Cc1c(F)ccc2cc(O)cc(-c3ncc4c(N5CC6CCC(C5)N6)nc(OCCN5CCC(CC6CCN(c7ccc(N(C=O)C(CCC=O)C(=O)NC)c(N(C)C)c7)CC6)CC5)nc4c3F)c12. The summed E-state index contributed by atoms with van der Waals surface area (Å²) in [5, 5.41) is 18.1. The zero-order valence-electron chi connectivity index (χ0n) is 40.2. The van der Waals surface area contributed by atoms with Gasteiger partial charge in [0.1, 0.15) is 47.5 Å². The second-order valence-electron chi connectivity index (χ2n) is 19.5.